The summed E-state index contributed by atoms with van der Waals surface area (Å²) in [6.07, 6.45) is 1.78. The minimum absolute atomic E-state index is 0.259. The first-order chi connectivity index (χ1) is 9.70. The number of hydrogen-bond donors (Lipinski definition) is 2. The van der Waals surface area contributed by atoms with Crippen LogP contribution in [0.25, 0.3) is 0 Å². The fraction of sp³-hybridized carbons (Fsp3) is 0.143. The van der Waals surface area contributed by atoms with Crippen molar-refractivity contribution in [2.45, 2.75) is 6.92 Å². The maximum atomic E-state index is 5.31. The summed E-state index contributed by atoms with van der Waals surface area (Å²) in [6.45, 7) is 2.24. The first-order valence-corrected chi connectivity index (χ1v) is 6.52. The molecule has 0 aliphatic carbocycles. The first-order valence-electron chi connectivity index (χ1n) is 6.11. The molecule has 102 valence electrons. The SMILES string of the molecule is Cc1ccc(NC(=S)Nc2ccc3c(c2)OCO3)nc1. The zero-order valence-electron chi connectivity index (χ0n) is 10.8. The highest BCUT2D eigenvalue weighted by Gasteiger charge is 2.13. The molecule has 0 radical (unpaired) electrons. The van der Waals surface area contributed by atoms with Crippen LogP contribution in [0.2, 0.25) is 0 Å². The number of rotatable bonds is 2. The van der Waals surface area contributed by atoms with Gasteiger partial charge in [0.05, 0.1) is 0 Å². The van der Waals surface area contributed by atoms with Crippen molar-refractivity contribution < 1.29 is 9.47 Å². The monoisotopic (exact) mass is 287 g/mol. The number of fused-ring (bicyclic) bond motifs is 1. The molecule has 2 N–H and O–H groups in total. The summed E-state index contributed by atoms with van der Waals surface area (Å²) in [6, 6.07) is 9.42. The van der Waals surface area contributed by atoms with Gasteiger partial charge in [0.2, 0.25) is 6.79 Å². The van der Waals surface area contributed by atoms with Gasteiger partial charge in [0.25, 0.3) is 0 Å². The average Bonchev–Trinajstić information content (AvgIpc) is 2.89. The molecule has 1 aromatic carbocycles. The van der Waals surface area contributed by atoms with Gasteiger partial charge < -0.3 is 20.1 Å². The van der Waals surface area contributed by atoms with Crippen molar-refractivity contribution in [3.8, 4) is 11.5 Å². The van der Waals surface area contributed by atoms with Crippen molar-refractivity contribution in [1.29, 1.82) is 0 Å². The molecule has 2 aromatic rings. The van der Waals surface area contributed by atoms with E-state index in [1.807, 2.05) is 37.3 Å². The molecule has 0 saturated heterocycles. The maximum absolute atomic E-state index is 5.31. The van der Waals surface area contributed by atoms with Gasteiger partial charge in [-0.25, -0.2) is 4.98 Å². The van der Waals surface area contributed by atoms with Gasteiger partial charge in [-0.05, 0) is 42.9 Å². The van der Waals surface area contributed by atoms with Crippen LogP contribution in [0.15, 0.2) is 36.5 Å². The summed E-state index contributed by atoms with van der Waals surface area (Å²) in [5.41, 5.74) is 1.93. The molecule has 0 unspecified atom stereocenters. The molecule has 0 amide bonds. The zero-order valence-corrected chi connectivity index (χ0v) is 11.7. The molecule has 0 fully saturated rings. The third kappa shape index (κ3) is 2.80. The second kappa shape index (κ2) is 5.34. The van der Waals surface area contributed by atoms with Crippen LogP contribution in [0.3, 0.4) is 0 Å². The number of nitrogens with zero attached hydrogens (tertiary/aromatic N) is 1. The molecule has 1 aliphatic rings. The van der Waals surface area contributed by atoms with E-state index < -0.39 is 0 Å². The number of nitrogens with one attached hydrogen (secondary N) is 2. The summed E-state index contributed by atoms with van der Waals surface area (Å²) in [4.78, 5) is 4.23. The van der Waals surface area contributed by atoms with Crippen LogP contribution in [0.4, 0.5) is 11.5 Å². The highest BCUT2D eigenvalue weighted by atomic mass is 32.1. The standard InChI is InChI=1S/C14H13N3O2S/c1-9-2-5-13(15-7-9)17-14(20)16-10-3-4-11-12(6-10)19-8-18-11/h2-7H,8H2,1H3,(H2,15,16,17,20). The van der Waals surface area contributed by atoms with Gasteiger partial charge in [-0.15, -0.1) is 0 Å². The van der Waals surface area contributed by atoms with Gasteiger partial charge in [-0.1, -0.05) is 6.07 Å². The molecular weight excluding hydrogens is 274 g/mol. The van der Waals surface area contributed by atoms with E-state index in [4.69, 9.17) is 21.7 Å². The van der Waals surface area contributed by atoms with Crippen LogP contribution >= 0.6 is 12.2 Å². The number of aryl methyl sites for hydroxylation is 1. The van der Waals surface area contributed by atoms with Crippen molar-refractivity contribution in [1.82, 2.24) is 4.98 Å². The third-order valence-corrected chi connectivity index (χ3v) is 2.99. The Morgan fingerprint density at radius 1 is 1.15 bits per heavy atom. The van der Waals surface area contributed by atoms with E-state index in [-0.39, 0.29) is 6.79 Å². The molecule has 1 aromatic heterocycles. The number of anilines is 2. The van der Waals surface area contributed by atoms with Crippen LogP contribution in [0.1, 0.15) is 5.56 Å². The average molecular weight is 287 g/mol. The lowest BCUT2D eigenvalue weighted by molar-refractivity contribution is 0.174. The van der Waals surface area contributed by atoms with E-state index in [1.165, 1.54) is 0 Å². The van der Waals surface area contributed by atoms with E-state index in [1.54, 1.807) is 6.20 Å². The van der Waals surface area contributed by atoms with Gasteiger partial charge in [0.15, 0.2) is 16.6 Å². The Bertz CT molecular complexity index is 643. The van der Waals surface area contributed by atoms with Crippen molar-refractivity contribution in [3.05, 3.63) is 42.1 Å². The lowest BCUT2D eigenvalue weighted by Crippen LogP contribution is -2.19. The summed E-state index contributed by atoms with van der Waals surface area (Å²) in [5, 5.41) is 6.57. The molecule has 1 aliphatic heterocycles. The Morgan fingerprint density at radius 3 is 2.80 bits per heavy atom. The van der Waals surface area contributed by atoms with E-state index in [9.17, 15) is 0 Å². The smallest absolute Gasteiger partial charge is 0.231 e. The van der Waals surface area contributed by atoms with Gasteiger partial charge in [-0.3, -0.25) is 0 Å². The third-order valence-electron chi connectivity index (χ3n) is 2.78. The predicted molar refractivity (Wildman–Crippen MR) is 81.4 cm³/mol. The molecule has 20 heavy (non-hydrogen) atoms. The van der Waals surface area contributed by atoms with Crippen LogP contribution in [-0.2, 0) is 0 Å². The molecule has 0 saturated carbocycles. The van der Waals surface area contributed by atoms with Crippen molar-refractivity contribution in [2.24, 2.45) is 0 Å². The molecule has 5 nitrogen and oxygen atoms in total. The van der Waals surface area contributed by atoms with Crippen LogP contribution in [0, 0.1) is 6.92 Å². The van der Waals surface area contributed by atoms with E-state index in [0.29, 0.717) is 16.7 Å². The molecule has 0 atom stereocenters. The summed E-state index contributed by atoms with van der Waals surface area (Å²) in [5.74, 6) is 2.16. The number of ether oxygens (including phenoxy) is 2. The molecule has 0 bridgehead atoms. The zero-order chi connectivity index (χ0) is 13.9. The highest BCUT2D eigenvalue weighted by Crippen LogP contribution is 2.34. The van der Waals surface area contributed by atoms with Crippen molar-refractivity contribution in [3.63, 3.8) is 0 Å². The summed E-state index contributed by atoms with van der Waals surface area (Å²) in [7, 11) is 0. The van der Waals surface area contributed by atoms with E-state index in [0.717, 1.165) is 17.0 Å². The van der Waals surface area contributed by atoms with E-state index >= 15 is 0 Å². The topological polar surface area (TPSA) is 55.4 Å². The van der Waals surface area contributed by atoms with Gasteiger partial charge >= 0.3 is 0 Å². The highest BCUT2D eigenvalue weighted by molar-refractivity contribution is 7.80. The molecular formula is C14H13N3O2S. The fourth-order valence-electron chi connectivity index (χ4n) is 1.79. The van der Waals surface area contributed by atoms with Gasteiger partial charge in [-0.2, -0.15) is 0 Å². The molecule has 0 spiro atoms. The predicted octanol–water partition coefficient (Wildman–Crippen LogP) is 2.93. The largest absolute Gasteiger partial charge is 0.454 e. The number of pyridine rings is 1. The van der Waals surface area contributed by atoms with E-state index in [2.05, 4.69) is 15.6 Å². The lowest BCUT2D eigenvalue weighted by Gasteiger charge is -2.10. The number of benzene rings is 1. The number of aromatic nitrogens is 1. The van der Waals surface area contributed by atoms with Gasteiger partial charge in [0, 0.05) is 18.0 Å². The molecule has 3 rings (SSSR count). The second-order valence-corrected chi connectivity index (χ2v) is 4.78. The maximum Gasteiger partial charge on any atom is 0.231 e. The van der Waals surface area contributed by atoms with Crippen LogP contribution < -0.4 is 20.1 Å². The summed E-state index contributed by atoms with van der Waals surface area (Å²) < 4.78 is 10.6. The quantitative estimate of drug-likeness (QED) is 0.828. The lowest BCUT2D eigenvalue weighted by atomic mass is 10.3. The minimum Gasteiger partial charge on any atom is -0.454 e. The Balaban J connectivity index is 1.65. The fourth-order valence-corrected chi connectivity index (χ4v) is 2.02. The van der Waals surface area contributed by atoms with Crippen LogP contribution in [-0.4, -0.2) is 16.9 Å². The normalized spacial score (nSPS) is 12.1. The Morgan fingerprint density at radius 2 is 2.00 bits per heavy atom. The number of hydrogen-bond acceptors (Lipinski definition) is 4. The van der Waals surface area contributed by atoms with Crippen molar-refractivity contribution >= 4 is 28.8 Å². The molecule has 6 heteroatoms. The van der Waals surface area contributed by atoms with Gasteiger partial charge in [0.1, 0.15) is 5.82 Å². The van der Waals surface area contributed by atoms with Crippen LogP contribution in [0.5, 0.6) is 11.5 Å². The Kier molecular flexibility index (Phi) is 3.39. The molecule has 2 heterocycles. The number of thiocarbonyl (C=S) groups is 1. The minimum atomic E-state index is 0.259. The Labute approximate surface area is 121 Å². The first kappa shape index (κ1) is 12.7. The Hall–Kier alpha value is -2.34. The second-order valence-electron chi connectivity index (χ2n) is 4.37. The summed E-state index contributed by atoms with van der Waals surface area (Å²) >= 11 is 5.24. The van der Waals surface area contributed by atoms with Crippen molar-refractivity contribution in [2.75, 3.05) is 17.4 Å².